The van der Waals surface area contributed by atoms with Gasteiger partial charge in [-0.2, -0.15) is 14.9 Å². The summed E-state index contributed by atoms with van der Waals surface area (Å²) in [7, 11) is 0. The zero-order chi connectivity index (χ0) is 22.8. The van der Waals surface area contributed by atoms with Crippen LogP contribution in [0, 0.1) is 5.92 Å². The Kier molecular flexibility index (Phi) is 5.83. The van der Waals surface area contributed by atoms with Crippen molar-refractivity contribution < 1.29 is 0 Å². The van der Waals surface area contributed by atoms with Crippen LogP contribution < -0.4 is 15.8 Å². The van der Waals surface area contributed by atoms with Gasteiger partial charge < -0.3 is 10.2 Å². The molecule has 168 valence electrons. The van der Waals surface area contributed by atoms with Crippen molar-refractivity contribution in [2.45, 2.75) is 19.8 Å². The molecule has 1 aliphatic heterocycles. The lowest BCUT2D eigenvalue weighted by Gasteiger charge is -2.32. The number of benzene rings is 2. The van der Waals surface area contributed by atoms with Gasteiger partial charge in [0.2, 0.25) is 0 Å². The first kappa shape index (κ1) is 21.2. The molecule has 2 aromatic heterocycles. The summed E-state index contributed by atoms with van der Waals surface area (Å²) in [5, 5.41) is 15.2. The minimum absolute atomic E-state index is 0.276. The molecule has 0 bridgehead atoms. The van der Waals surface area contributed by atoms with Gasteiger partial charge in [-0.05, 0) is 67.3 Å². The van der Waals surface area contributed by atoms with E-state index in [-0.39, 0.29) is 5.56 Å². The third kappa shape index (κ3) is 4.61. The average Bonchev–Trinajstić information content (AvgIpc) is 3.36. The van der Waals surface area contributed by atoms with Crippen LogP contribution in [0.3, 0.4) is 0 Å². The number of piperidine rings is 1. The monoisotopic (exact) mass is 461 g/mol. The van der Waals surface area contributed by atoms with E-state index in [2.05, 4.69) is 49.6 Å². The van der Waals surface area contributed by atoms with Gasteiger partial charge in [0.25, 0.3) is 5.56 Å². The van der Waals surface area contributed by atoms with Crippen molar-refractivity contribution in [3.8, 4) is 17.2 Å². The van der Waals surface area contributed by atoms with Crippen molar-refractivity contribution >= 4 is 28.7 Å². The molecule has 1 fully saturated rings. The molecule has 3 heterocycles. The number of halogens is 1. The van der Waals surface area contributed by atoms with E-state index in [1.165, 1.54) is 35.6 Å². The number of hydrogen-bond acceptors (Lipinski definition) is 6. The molecule has 4 aromatic rings. The summed E-state index contributed by atoms with van der Waals surface area (Å²) in [5.74, 6) is 1.25. The van der Waals surface area contributed by atoms with Gasteiger partial charge in [-0.3, -0.25) is 9.89 Å². The highest BCUT2D eigenvalue weighted by molar-refractivity contribution is 6.30. The Morgan fingerprint density at radius 1 is 1.03 bits per heavy atom. The molecule has 33 heavy (non-hydrogen) atoms. The lowest BCUT2D eigenvalue weighted by atomic mass is 9.99. The maximum Gasteiger partial charge on any atom is 0.273 e. The van der Waals surface area contributed by atoms with Crippen LogP contribution in [0.25, 0.3) is 17.2 Å². The Labute approximate surface area is 196 Å². The minimum atomic E-state index is -0.276. The van der Waals surface area contributed by atoms with Crippen molar-refractivity contribution in [3.63, 3.8) is 0 Å². The van der Waals surface area contributed by atoms with Crippen molar-refractivity contribution in [1.29, 1.82) is 0 Å². The molecule has 1 saturated heterocycles. The molecule has 2 aromatic carbocycles. The minimum Gasteiger partial charge on any atom is -0.372 e. The van der Waals surface area contributed by atoms with Crippen LogP contribution in [0.1, 0.15) is 19.8 Å². The summed E-state index contributed by atoms with van der Waals surface area (Å²) in [6.07, 6.45) is 3.85. The molecule has 0 aliphatic carbocycles. The summed E-state index contributed by atoms with van der Waals surface area (Å²) < 4.78 is 1.32. The number of nitrogens with one attached hydrogen (secondary N) is 2. The Morgan fingerprint density at radius 2 is 1.73 bits per heavy atom. The predicted molar refractivity (Wildman–Crippen MR) is 131 cm³/mol. The first-order valence-electron chi connectivity index (χ1n) is 10.9. The van der Waals surface area contributed by atoms with E-state index < -0.39 is 0 Å². The SMILES string of the molecule is CC1CCN(c2ccc(Nc3cc(=O)n(-c4ccc(Cl)cc4)nc3-c3ncn[nH]3)cc2)CC1. The van der Waals surface area contributed by atoms with Gasteiger partial charge in [-0.15, -0.1) is 0 Å². The van der Waals surface area contributed by atoms with Crippen LogP contribution in [-0.2, 0) is 0 Å². The number of anilines is 3. The normalized spacial score (nSPS) is 14.4. The van der Waals surface area contributed by atoms with Crippen molar-refractivity contribution in [3.05, 3.63) is 76.3 Å². The lowest BCUT2D eigenvalue weighted by Crippen LogP contribution is -2.32. The van der Waals surface area contributed by atoms with Crippen molar-refractivity contribution in [2.24, 2.45) is 5.92 Å². The third-order valence-electron chi connectivity index (χ3n) is 5.94. The second-order valence-electron chi connectivity index (χ2n) is 8.31. The molecule has 0 spiro atoms. The van der Waals surface area contributed by atoms with Gasteiger partial charge in [-0.1, -0.05) is 18.5 Å². The predicted octanol–water partition coefficient (Wildman–Crippen LogP) is 4.65. The summed E-state index contributed by atoms with van der Waals surface area (Å²) in [6.45, 7) is 4.47. The second-order valence-corrected chi connectivity index (χ2v) is 8.75. The largest absolute Gasteiger partial charge is 0.372 e. The van der Waals surface area contributed by atoms with E-state index >= 15 is 0 Å². The van der Waals surface area contributed by atoms with E-state index in [4.69, 9.17) is 11.6 Å². The van der Waals surface area contributed by atoms with E-state index in [0.29, 0.717) is 27.9 Å². The van der Waals surface area contributed by atoms with E-state index in [1.54, 1.807) is 24.3 Å². The Morgan fingerprint density at radius 3 is 2.39 bits per heavy atom. The summed E-state index contributed by atoms with van der Waals surface area (Å²) in [4.78, 5) is 19.6. The van der Waals surface area contributed by atoms with E-state index in [1.807, 2.05) is 12.1 Å². The van der Waals surface area contributed by atoms with Gasteiger partial charge >= 0.3 is 0 Å². The van der Waals surface area contributed by atoms with Crippen LogP contribution in [0.4, 0.5) is 17.1 Å². The molecular formula is C24H24ClN7O. The Bertz CT molecular complexity index is 1280. The summed E-state index contributed by atoms with van der Waals surface area (Å²) in [5.41, 5.74) is 3.42. The summed E-state index contributed by atoms with van der Waals surface area (Å²) >= 11 is 5.99. The molecule has 8 nitrogen and oxygen atoms in total. The highest BCUT2D eigenvalue weighted by Gasteiger charge is 2.17. The van der Waals surface area contributed by atoms with Gasteiger partial charge in [0.05, 0.1) is 11.4 Å². The maximum atomic E-state index is 12.9. The molecule has 2 N–H and O–H groups in total. The molecule has 0 atom stereocenters. The molecular weight excluding hydrogens is 438 g/mol. The molecule has 0 saturated carbocycles. The van der Waals surface area contributed by atoms with Crippen LogP contribution in [0.15, 0.2) is 65.7 Å². The second kappa shape index (κ2) is 9.07. The molecule has 9 heteroatoms. The fourth-order valence-corrected chi connectivity index (χ4v) is 4.12. The maximum absolute atomic E-state index is 12.9. The Hall–Kier alpha value is -3.65. The lowest BCUT2D eigenvalue weighted by molar-refractivity contribution is 0.438. The van der Waals surface area contributed by atoms with Gasteiger partial charge in [0.1, 0.15) is 6.33 Å². The molecule has 0 radical (unpaired) electrons. The van der Waals surface area contributed by atoms with Gasteiger partial charge in [-0.25, -0.2) is 4.98 Å². The first-order valence-corrected chi connectivity index (χ1v) is 11.3. The molecule has 0 unspecified atom stereocenters. The number of aromatic nitrogens is 5. The summed E-state index contributed by atoms with van der Waals surface area (Å²) in [6, 6.07) is 16.7. The van der Waals surface area contributed by atoms with E-state index in [9.17, 15) is 4.79 Å². The first-order chi connectivity index (χ1) is 16.1. The molecule has 0 amide bonds. The highest BCUT2D eigenvalue weighted by atomic mass is 35.5. The molecule has 5 rings (SSSR count). The van der Waals surface area contributed by atoms with E-state index in [0.717, 1.165) is 24.7 Å². The zero-order valence-corrected chi connectivity index (χ0v) is 19.0. The Balaban J connectivity index is 1.46. The van der Waals surface area contributed by atoms with Gasteiger partial charge in [0.15, 0.2) is 11.5 Å². The van der Waals surface area contributed by atoms with Crippen LogP contribution in [0.2, 0.25) is 5.02 Å². The number of hydrogen-bond donors (Lipinski definition) is 2. The van der Waals surface area contributed by atoms with Gasteiger partial charge in [0, 0.05) is 35.6 Å². The van der Waals surface area contributed by atoms with Crippen LogP contribution in [0.5, 0.6) is 0 Å². The van der Waals surface area contributed by atoms with Crippen LogP contribution in [-0.4, -0.2) is 38.1 Å². The fraction of sp³-hybridized carbons (Fsp3) is 0.250. The quantitative estimate of drug-likeness (QED) is 0.449. The standard InChI is InChI=1S/C24H24ClN7O/c1-16-10-12-31(13-11-16)19-8-4-18(5-9-19)28-21-14-22(33)32(20-6-2-17(25)3-7-20)30-23(21)24-26-15-27-29-24/h2-9,14-16,28H,10-13H2,1H3,(H,26,27,29). The number of aromatic amines is 1. The smallest absolute Gasteiger partial charge is 0.273 e. The number of nitrogens with zero attached hydrogens (tertiary/aromatic N) is 5. The average molecular weight is 462 g/mol. The van der Waals surface area contributed by atoms with Crippen molar-refractivity contribution in [2.75, 3.05) is 23.3 Å². The number of rotatable bonds is 5. The third-order valence-corrected chi connectivity index (χ3v) is 6.19. The van der Waals surface area contributed by atoms with Crippen LogP contribution >= 0.6 is 11.6 Å². The van der Waals surface area contributed by atoms with Crippen molar-refractivity contribution in [1.82, 2.24) is 25.0 Å². The highest BCUT2D eigenvalue weighted by Crippen LogP contribution is 2.28. The molecule has 1 aliphatic rings. The topological polar surface area (TPSA) is 91.7 Å². The number of H-pyrrole nitrogens is 1. The fourth-order valence-electron chi connectivity index (χ4n) is 3.99. The zero-order valence-electron chi connectivity index (χ0n) is 18.2.